The molecule has 2 aliphatic rings. The molecule has 2 atom stereocenters. The van der Waals surface area contributed by atoms with Crippen molar-refractivity contribution in [3.05, 3.63) is 47.8 Å². The second-order valence-electron chi connectivity index (χ2n) is 7.21. The van der Waals surface area contributed by atoms with Crippen LogP contribution in [0.3, 0.4) is 0 Å². The van der Waals surface area contributed by atoms with Crippen LogP contribution in [0.15, 0.2) is 36.5 Å². The number of hydrogen-bond acceptors (Lipinski definition) is 3. The predicted molar refractivity (Wildman–Crippen MR) is 103 cm³/mol. The van der Waals surface area contributed by atoms with Crippen LogP contribution in [-0.4, -0.2) is 35.3 Å². The highest BCUT2D eigenvalue weighted by Gasteiger charge is 2.32. The minimum Gasteiger partial charge on any atom is -0.486 e. The summed E-state index contributed by atoms with van der Waals surface area (Å²) in [6.07, 6.45) is 4.89. The number of nitrogens with one attached hydrogen (secondary N) is 1. The third-order valence-electron chi connectivity index (χ3n) is 5.51. The summed E-state index contributed by atoms with van der Waals surface area (Å²) in [6, 6.07) is 10.2. The van der Waals surface area contributed by atoms with Crippen LogP contribution in [0.4, 0.5) is 4.79 Å². The quantitative estimate of drug-likeness (QED) is 0.892. The first-order valence-corrected chi connectivity index (χ1v) is 9.75. The van der Waals surface area contributed by atoms with Crippen LogP contribution < -0.4 is 14.8 Å². The molecule has 1 fully saturated rings. The standard InChI is InChI=1S/C21H27N3O3/c1-3-16(15-8-9-19-20(14-15)27-13-12-26-19)22-21(25)24-11-5-7-18(24)17-6-4-10-23(17)2/h4,6,8-10,14,16,18H,3,5,7,11-13H2,1-2H3,(H,22,25)/t16-,18+/m0/s1. The van der Waals surface area contributed by atoms with E-state index in [1.807, 2.05) is 42.4 Å². The molecule has 0 spiro atoms. The van der Waals surface area contributed by atoms with Gasteiger partial charge >= 0.3 is 6.03 Å². The number of fused-ring (bicyclic) bond motifs is 1. The highest BCUT2D eigenvalue weighted by atomic mass is 16.6. The lowest BCUT2D eigenvalue weighted by atomic mass is 10.0. The predicted octanol–water partition coefficient (Wildman–Crippen LogP) is 3.79. The Morgan fingerprint density at radius 3 is 2.81 bits per heavy atom. The molecule has 1 saturated heterocycles. The number of amides is 2. The zero-order valence-corrected chi connectivity index (χ0v) is 16.0. The van der Waals surface area contributed by atoms with Crippen LogP contribution >= 0.6 is 0 Å². The Hall–Kier alpha value is -2.63. The number of nitrogens with zero attached hydrogens (tertiary/aromatic N) is 2. The number of ether oxygens (including phenoxy) is 2. The summed E-state index contributed by atoms with van der Waals surface area (Å²) in [7, 11) is 2.04. The van der Waals surface area contributed by atoms with E-state index in [0.717, 1.165) is 42.9 Å². The van der Waals surface area contributed by atoms with Crippen molar-refractivity contribution in [1.82, 2.24) is 14.8 Å². The maximum absolute atomic E-state index is 13.0. The summed E-state index contributed by atoms with van der Waals surface area (Å²) < 4.78 is 13.4. The highest BCUT2D eigenvalue weighted by Crippen LogP contribution is 2.35. The summed E-state index contributed by atoms with van der Waals surface area (Å²) in [5.41, 5.74) is 2.24. The van der Waals surface area contributed by atoms with E-state index in [1.54, 1.807) is 0 Å². The molecule has 1 aromatic heterocycles. The van der Waals surface area contributed by atoms with Gasteiger partial charge in [0, 0.05) is 25.5 Å². The van der Waals surface area contributed by atoms with Crippen LogP contribution in [-0.2, 0) is 7.05 Å². The molecule has 144 valence electrons. The third-order valence-corrected chi connectivity index (χ3v) is 5.51. The monoisotopic (exact) mass is 369 g/mol. The Morgan fingerprint density at radius 1 is 1.26 bits per heavy atom. The van der Waals surface area contributed by atoms with E-state index in [4.69, 9.17) is 9.47 Å². The zero-order valence-electron chi connectivity index (χ0n) is 16.0. The Labute approximate surface area is 160 Å². The van der Waals surface area contributed by atoms with Gasteiger partial charge in [0.1, 0.15) is 13.2 Å². The van der Waals surface area contributed by atoms with E-state index in [-0.39, 0.29) is 18.1 Å². The first kappa shape index (κ1) is 17.8. The molecular formula is C21H27N3O3. The third kappa shape index (κ3) is 3.48. The number of urea groups is 1. The molecule has 0 aliphatic carbocycles. The van der Waals surface area contributed by atoms with Crippen molar-refractivity contribution in [3.63, 3.8) is 0 Å². The van der Waals surface area contributed by atoms with Gasteiger partial charge in [0.15, 0.2) is 11.5 Å². The van der Waals surface area contributed by atoms with E-state index in [9.17, 15) is 4.79 Å². The van der Waals surface area contributed by atoms with Crippen molar-refractivity contribution < 1.29 is 14.3 Å². The van der Waals surface area contributed by atoms with Crippen molar-refractivity contribution in [2.24, 2.45) is 7.05 Å². The largest absolute Gasteiger partial charge is 0.486 e. The lowest BCUT2D eigenvalue weighted by molar-refractivity contribution is 0.171. The van der Waals surface area contributed by atoms with Crippen molar-refractivity contribution in [1.29, 1.82) is 0 Å². The van der Waals surface area contributed by atoms with Gasteiger partial charge in [-0.2, -0.15) is 0 Å². The number of carbonyl (C=O) groups is 1. The highest BCUT2D eigenvalue weighted by molar-refractivity contribution is 5.75. The fourth-order valence-corrected chi connectivity index (χ4v) is 4.07. The second-order valence-corrected chi connectivity index (χ2v) is 7.21. The lowest BCUT2D eigenvalue weighted by Gasteiger charge is -2.28. The van der Waals surface area contributed by atoms with Crippen LogP contribution in [0.1, 0.15) is 49.5 Å². The molecule has 0 bridgehead atoms. The van der Waals surface area contributed by atoms with Crippen molar-refractivity contribution in [2.75, 3.05) is 19.8 Å². The van der Waals surface area contributed by atoms with Gasteiger partial charge in [0.25, 0.3) is 0 Å². The number of rotatable bonds is 4. The van der Waals surface area contributed by atoms with E-state index in [2.05, 4.69) is 22.9 Å². The second kappa shape index (κ2) is 7.55. The van der Waals surface area contributed by atoms with Gasteiger partial charge in [0.05, 0.1) is 12.1 Å². The molecule has 6 nitrogen and oxygen atoms in total. The normalized spacial score (nSPS) is 19.8. The first-order chi connectivity index (χ1) is 13.2. The molecule has 4 rings (SSSR count). The van der Waals surface area contributed by atoms with Gasteiger partial charge in [-0.1, -0.05) is 13.0 Å². The average Bonchev–Trinajstić information content (AvgIpc) is 3.34. The number of aromatic nitrogens is 1. The van der Waals surface area contributed by atoms with Gasteiger partial charge in [-0.05, 0) is 49.1 Å². The van der Waals surface area contributed by atoms with Gasteiger partial charge in [-0.15, -0.1) is 0 Å². The Bertz CT molecular complexity index is 817. The van der Waals surface area contributed by atoms with Crippen molar-refractivity contribution >= 4 is 6.03 Å². The van der Waals surface area contributed by atoms with Gasteiger partial charge in [0.2, 0.25) is 0 Å². The molecule has 0 saturated carbocycles. The zero-order chi connectivity index (χ0) is 18.8. The topological polar surface area (TPSA) is 55.7 Å². The van der Waals surface area contributed by atoms with Gasteiger partial charge in [-0.3, -0.25) is 0 Å². The first-order valence-electron chi connectivity index (χ1n) is 9.75. The maximum atomic E-state index is 13.0. The molecular weight excluding hydrogens is 342 g/mol. The molecule has 2 amide bonds. The molecule has 1 N–H and O–H groups in total. The average molecular weight is 369 g/mol. The number of hydrogen-bond donors (Lipinski definition) is 1. The number of carbonyl (C=O) groups excluding carboxylic acids is 1. The van der Waals surface area contributed by atoms with Crippen LogP contribution in [0.2, 0.25) is 0 Å². The minimum absolute atomic E-state index is 0.000407. The Kier molecular flexibility index (Phi) is 4.97. The summed E-state index contributed by atoms with van der Waals surface area (Å²) in [6.45, 7) is 4.02. The molecule has 27 heavy (non-hydrogen) atoms. The van der Waals surface area contributed by atoms with Crippen molar-refractivity contribution in [3.8, 4) is 11.5 Å². The Balaban J connectivity index is 1.49. The molecule has 0 radical (unpaired) electrons. The maximum Gasteiger partial charge on any atom is 0.318 e. The van der Waals surface area contributed by atoms with E-state index in [0.29, 0.717) is 13.2 Å². The van der Waals surface area contributed by atoms with E-state index in [1.165, 1.54) is 5.69 Å². The van der Waals surface area contributed by atoms with Crippen LogP contribution in [0.25, 0.3) is 0 Å². The summed E-state index contributed by atoms with van der Waals surface area (Å²) in [5.74, 6) is 1.53. The summed E-state index contributed by atoms with van der Waals surface area (Å²) in [4.78, 5) is 15.0. The number of benzene rings is 1. The smallest absolute Gasteiger partial charge is 0.318 e. The lowest BCUT2D eigenvalue weighted by Crippen LogP contribution is -2.41. The molecule has 2 aromatic rings. The van der Waals surface area contributed by atoms with Crippen LogP contribution in [0.5, 0.6) is 11.5 Å². The minimum atomic E-state index is -0.0528. The van der Waals surface area contributed by atoms with Crippen molar-refractivity contribution in [2.45, 2.75) is 38.3 Å². The summed E-state index contributed by atoms with van der Waals surface area (Å²) in [5, 5.41) is 3.22. The fraction of sp³-hybridized carbons (Fsp3) is 0.476. The SMILES string of the molecule is CC[C@H](NC(=O)N1CCC[C@@H]1c1cccn1C)c1ccc2c(c1)OCCO2. The fourth-order valence-electron chi connectivity index (χ4n) is 4.07. The van der Waals surface area contributed by atoms with Gasteiger partial charge in [-0.25, -0.2) is 4.79 Å². The molecule has 2 aliphatic heterocycles. The van der Waals surface area contributed by atoms with E-state index < -0.39 is 0 Å². The van der Waals surface area contributed by atoms with Gasteiger partial charge < -0.3 is 24.3 Å². The van der Waals surface area contributed by atoms with Crippen LogP contribution in [0, 0.1) is 0 Å². The molecule has 1 aromatic carbocycles. The molecule has 3 heterocycles. The molecule has 6 heteroatoms. The number of aryl methyl sites for hydroxylation is 1. The summed E-state index contributed by atoms with van der Waals surface area (Å²) >= 11 is 0. The number of likely N-dealkylation sites (tertiary alicyclic amines) is 1. The Morgan fingerprint density at radius 2 is 2.07 bits per heavy atom. The molecule has 0 unspecified atom stereocenters. The van der Waals surface area contributed by atoms with E-state index >= 15 is 0 Å².